The molecule has 3 rings (SSSR count). The molecule has 2 aromatic carbocycles. The number of halogens is 1. The summed E-state index contributed by atoms with van der Waals surface area (Å²) in [6, 6.07) is 12.7. The molecule has 2 aromatic rings. The first-order chi connectivity index (χ1) is 13.1. The number of carbonyl (C=O) groups excluding carboxylic acids is 1. The van der Waals surface area contributed by atoms with Crippen molar-refractivity contribution >= 4 is 13.8 Å². The van der Waals surface area contributed by atoms with Gasteiger partial charge in [0, 0.05) is 24.0 Å². The van der Waals surface area contributed by atoms with Gasteiger partial charge in [-0.1, -0.05) is 50.4 Å². The van der Waals surface area contributed by atoms with Crippen LogP contribution in [0.4, 0.5) is 4.39 Å². The number of nitrogens with one attached hydrogen (secondary N) is 1. The molecule has 1 amide bonds. The fourth-order valence-corrected chi connectivity index (χ4v) is 5.52. The second kappa shape index (κ2) is 11.9. The fourth-order valence-electron chi connectivity index (χ4n) is 3.15. The van der Waals surface area contributed by atoms with Crippen molar-refractivity contribution in [2.24, 2.45) is 5.92 Å². The summed E-state index contributed by atoms with van der Waals surface area (Å²) in [7, 11) is -0.201. The molecule has 28 heavy (non-hydrogen) atoms. The van der Waals surface area contributed by atoms with Crippen LogP contribution in [0.3, 0.4) is 0 Å². The van der Waals surface area contributed by atoms with Crippen molar-refractivity contribution < 1.29 is 48.6 Å². The van der Waals surface area contributed by atoms with Gasteiger partial charge in [0.15, 0.2) is 0 Å². The van der Waals surface area contributed by atoms with Crippen LogP contribution in [-0.4, -0.2) is 31.1 Å². The number of rotatable bonds is 7. The van der Waals surface area contributed by atoms with Crippen LogP contribution >= 0.6 is 7.92 Å². The molecule has 1 N–H and O–H groups in total. The quantitative estimate of drug-likeness (QED) is 0.539. The number of ether oxygens (including phenoxy) is 1. The van der Waals surface area contributed by atoms with Crippen molar-refractivity contribution in [1.82, 2.24) is 5.32 Å². The molecule has 0 atom stereocenters. The summed E-state index contributed by atoms with van der Waals surface area (Å²) in [5, 5.41) is 14.1. The van der Waals surface area contributed by atoms with Crippen LogP contribution in [0.1, 0.15) is 28.8 Å². The van der Waals surface area contributed by atoms with Gasteiger partial charge in [-0.2, -0.15) is 0 Å². The Kier molecular flexibility index (Phi) is 9.90. The fraction of sp³-hybridized carbons (Fsp3) is 0.381. The standard InChI is InChI=1S/C21H25FNO3P.Na/c22-20-4-2-1-3-18(20)14-26-13-16-9-11-27(12-10-16)15-23-21(25)17-5-7-19(24)8-6-17;/h1-8,16,24H,9-15H2,(H,23,25);/q;+1/p-1. The number of benzene rings is 2. The molecule has 1 saturated heterocycles. The first kappa shape index (κ1) is 23.3. The monoisotopic (exact) mass is 411 g/mol. The average molecular weight is 411 g/mol. The van der Waals surface area contributed by atoms with Gasteiger partial charge in [0.25, 0.3) is 5.91 Å². The van der Waals surface area contributed by atoms with E-state index in [9.17, 15) is 14.3 Å². The average Bonchev–Trinajstić information content (AvgIpc) is 2.69. The normalized spacial score (nSPS) is 18.9. The SMILES string of the molecule is O=C(NCP1CCC(COCc2ccccc2F)CC1)c1ccc([O-])cc1.[Na+]. The summed E-state index contributed by atoms with van der Waals surface area (Å²) < 4.78 is 19.3. The molecule has 0 aliphatic carbocycles. The molecule has 1 heterocycles. The van der Waals surface area contributed by atoms with Crippen LogP contribution < -0.4 is 40.0 Å². The minimum atomic E-state index is -0.217. The van der Waals surface area contributed by atoms with Crippen molar-refractivity contribution in [3.8, 4) is 5.75 Å². The zero-order chi connectivity index (χ0) is 19.1. The summed E-state index contributed by atoms with van der Waals surface area (Å²) in [6.45, 7) is 0.974. The Balaban J connectivity index is 0.00000280. The predicted molar refractivity (Wildman–Crippen MR) is 104 cm³/mol. The van der Waals surface area contributed by atoms with E-state index in [2.05, 4.69) is 5.32 Å². The third-order valence-electron chi connectivity index (χ3n) is 4.86. The van der Waals surface area contributed by atoms with Gasteiger partial charge in [0.05, 0.1) is 6.61 Å². The van der Waals surface area contributed by atoms with E-state index in [0.717, 1.165) is 31.5 Å². The number of hydrogen-bond donors (Lipinski definition) is 1. The molecular formula is C21H24FNNaO3P. The first-order valence-electron chi connectivity index (χ1n) is 9.20. The molecule has 0 aromatic heterocycles. The molecule has 0 spiro atoms. The Morgan fingerprint density at radius 3 is 2.50 bits per heavy atom. The molecule has 0 radical (unpaired) electrons. The summed E-state index contributed by atoms with van der Waals surface area (Å²) in [5.41, 5.74) is 1.13. The predicted octanol–water partition coefficient (Wildman–Crippen LogP) is 0.699. The van der Waals surface area contributed by atoms with Gasteiger partial charge in [0.2, 0.25) is 0 Å². The van der Waals surface area contributed by atoms with Gasteiger partial charge in [0.1, 0.15) is 5.82 Å². The third-order valence-corrected chi connectivity index (χ3v) is 7.24. The zero-order valence-corrected chi connectivity index (χ0v) is 19.1. The number of carbonyl (C=O) groups is 1. The largest absolute Gasteiger partial charge is 1.00 e. The van der Waals surface area contributed by atoms with Gasteiger partial charge in [-0.3, -0.25) is 4.79 Å². The maximum atomic E-state index is 13.6. The van der Waals surface area contributed by atoms with E-state index >= 15 is 0 Å². The minimum absolute atomic E-state index is 0. The molecule has 1 aliphatic rings. The Labute approximate surface area is 188 Å². The molecule has 1 fully saturated rings. The number of hydrogen-bond acceptors (Lipinski definition) is 3. The van der Waals surface area contributed by atoms with E-state index in [1.807, 2.05) is 6.07 Å². The summed E-state index contributed by atoms with van der Waals surface area (Å²) in [5.74, 6) is 0.0837. The maximum absolute atomic E-state index is 13.6. The Morgan fingerprint density at radius 1 is 1.14 bits per heavy atom. The Hall–Kier alpha value is -0.970. The van der Waals surface area contributed by atoms with Gasteiger partial charge in [-0.05, 0) is 37.1 Å². The van der Waals surface area contributed by atoms with Gasteiger partial charge < -0.3 is 15.2 Å². The van der Waals surface area contributed by atoms with Crippen LogP contribution in [0.2, 0.25) is 0 Å². The van der Waals surface area contributed by atoms with Gasteiger partial charge >= 0.3 is 29.6 Å². The van der Waals surface area contributed by atoms with E-state index < -0.39 is 0 Å². The molecule has 1 aliphatic heterocycles. The van der Waals surface area contributed by atoms with Crippen molar-refractivity contribution in [3.63, 3.8) is 0 Å². The van der Waals surface area contributed by atoms with Crippen LogP contribution in [0.15, 0.2) is 48.5 Å². The molecule has 4 nitrogen and oxygen atoms in total. The zero-order valence-electron chi connectivity index (χ0n) is 16.2. The van der Waals surface area contributed by atoms with Crippen LogP contribution in [-0.2, 0) is 11.3 Å². The Bertz CT molecular complexity index is 752. The van der Waals surface area contributed by atoms with E-state index in [-0.39, 0.29) is 55.0 Å². The first-order valence-corrected chi connectivity index (χ1v) is 11.1. The maximum Gasteiger partial charge on any atom is 1.00 e. The molecular weight excluding hydrogens is 387 g/mol. The summed E-state index contributed by atoms with van der Waals surface area (Å²) >= 11 is 0. The summed E-state index contributed by atoms with van der Waals surface area (Å²) in [6.07, 6.45) is 5.12. The Morgan fingerprint density at radius 2 is 1.82 bits per heavy atom. The van der Waals surface area contributed by atoms with Crippen LogP contribution in [0, 0.1) is 11.7 Å². The third kappa shape index (κ3) is 7.13. The van der Waals surface area contributed by atoms with Crippen molar-refractivity contribution in [1.29, 1.82) is 0 Å². The van der Waals surface area contributed by atoms with Crippen LogP contribution in [0.5, 0.6) is 5.75 Å². The van der Waals surface area contributed by atoms with Crippen LogP contribution in [0.25, 0.3) is 0 Å². The van der Waals surface area contributed by atoms with Crippen molar-refractivity contribution in [2.45, 2.75) is 19.4 Å². The second-order valence-corrected chi connectivity index (χ2v) is 9.41. The van der Waals surface area contributed by atoms with E-state index in [0.29, 0.717) is 30.3 Å². The smallest absolute Gasteiger partial charge is 0.872 e. The molecule has 0 unspecified atom stereocenters. The van der Waals surface area contributed by atoms with Crippen molar-refractivity contribution in [3.05, 3.63) is 65.5 Å². The van der Waals surface area contributed by atoms with E-state index in [1.165, 1.54) is 18.2 Å². The topological polar surface area (TPSA) is 61.4 Å². The molecule has 0 bridgehead atoms. The molecule has 0 saturated carbocycles. The van der Waals surface area contributed by atoms with E-state index in [1.54, 1.807) is 24.3 Å². The second-order valence-electron chi connectivity index (χ2n) is 6.86. The molecule has 7 heteroatoms. The van der Waals surface area contributed by atoms with Crippen molar-refractivity contribution in [2.75, 3.05) is 25.2 Å². The molecule has 144 valence electrons. The van der Waals surface area contributed by atoms with E-state index in [4.69, 9.17) is 4.74 Å². The van der Waals surface area contributed by atoms with Gasteiger partial charge in [-0.25, -0.2) is 4.39 Å². The summed E-state index contributed by atoms with van der Waals surface area (Å²) in [4.78, 5) is 12.1. The number of amides is 1. The minimum Gasteiger partial charge on any atom is -0.872 e. The van der Waals surface area contributed by atoms with Gasteiger partial charge in [-0.15, -0.1) is 5.75 Å².